The zero-order valence-corrected chi connectivity index (χ0v) is 15.0. The van der Waals surface area contributed by atoms with Crippen LogP contribution in [-0.2, 0) is 9.59 Å². The van der Waals surface area contributed by atoms with Crippen LogP contribution in [0.2, 0.25) is 0 Å². The number of benzene rings is 2. The molecule has 2 rings (SSSR count). The van der Waals surface area contributed by atoms with Gasteiger partial charge in [-0.1, -0.05) is 0 Å². The standard InChI is InChI=1S/C18H19N3O6/c1-25-12-6-4-11(5-7-12)16(22)20-21-18(24)17(23)19-14-9-8-13(26-2)10-15(14)27-3/h4-10H,1-3H3,(H,19,23)(H,20,22)(H,21,24). The van der Waals surface area contributed by atoms with E-state index in [1.807, 2.05) is 5.43 Å². The highest BCUT2D eigenvalue weighted by atomic mass is 16.5. The van der Waals surface area contributed by atoms with E-state index in [9.17, 15) is 14.4 Å². The molecule has 0 spiro atoms. The number of amides is 3. The molecule has 3 amide bonds. The fraction of sp³-hybridized carbons (Fsp3) is 0.167. The van der Waals surface area contributed by atoms with Gasteiger partial charge in [-0.2, -0.15) is 0 Å². The number of carbonyl (C=O) groups is 3. The second-order valence-electron chi connectivity index (χ2n) is 5.16. The van der Waals surface area contributed by atoms with E-state index >= 15 is 0 Å². The molecular weight excluding hydrogens is 354 g/mol. The molecule has 0 radical (unpaired) electrons. The van der Waals surface area contributed by atoms with Crippen LogP contribution in [0.4, 0.5) is 5.69 Å². The predicted molar refractivity (Wildman–Crippen MR) is 96.8 cm³/mol. The summed E-state index contributed by atoms with van der Waals surface area (Å²) in [4.78, 5) is 35.8. The second kappa shape index (κ2) is 9.09. The molecule has 142 valence electrons. The van der Waals surface area contributed by atoms with E-state index in [0.717, 1.165) is 0 Å². The van der Waals surface area contributed by atoms with Gasteiger partial charge >= 0.3 is 11.8 Å². The Morgan fingerprint density at radius 1 is 0.741 bits per heavy atom. The minimum atomic E-state index is -1.05. The molecule has 0 bridgehead atoms. The molecule has 0 saturated heterocycles. The summed E-state index contributed by atoms with van der Waals surface area (Å²) in [6, 6.07) is 10.9. The summed E-state index contributed by atoms with van der Waals surface area (Å²) in [5.74, 6) is -1.17. The monoisotopic (exact) mass is 373 g/mol. The second-order valence-corrected chi connectivity index (χ2v) is 5.16. The molecule has 0 aromatic heterocycles. The molecule has 9 heteroatoms. The van der Waals surface area contributed by atoms with Crippen LogP contribution in [0, 0.1) is 0 Å². The Balaban J connectivity index is 1.93. The number of methoxy groups -OCH3 is 3. The molecule has 0 atom stereocenters. The molecular formula is C18H19N3O6. The van der Waals surface area contributed by atoms with E-state index in [1.165, 1.54) is 39.5 Å². The van der Waals surface area contributed by atoms with Crippen LogP contribution in [0.15, 0.2) is 42.5 Å². The summed E-state index contributed by atoms with van der Waals surface area (Å²) < 4.78 is 15.2. The maximum Gasteiger partial charge on any atom is 0.328 e. The lowest BCUT2D eigenvalue weighted by atomic mass is 10.2. The zero-order chi connectivity index (χ0) is 19.8. The van der Waals surface area contributed by atoms with E-state index in [-0.39, 0.29) is 11.3 Å². The largest absolute Gasteiger partial charge is 0.497 e. The van der Waals surface area contributed by atoms with Gasteiger partial charge < -0.3 is 19.5 Å². The van der Waals surface area contributed by atoms with E-state index < -0.39 is 17.7 Å². The molecule has 2 aromatic carbocycles. The van der Waals surface area contributed by atoms with E-state index in [2.05, 4.69) is 10.7 Å². The van der Waals surface area contributed by atoms with E-state index in [1.54, 1.807) is 24.3 Å². The lowest BCUT2D eigenvalue weighted by Gasteiger charge is -2.12. The normalized spacial score (nSPS) is 9.74. The van der Waals surface area contributed by atoms with Crippen molar-refractivity contribution in [1.29, 1.82) is 0 Å². The van der Waals surface area contributed by atoms with E-state index in [0.29, 0.717) is 17.2 Å². The van der Waals surface area contributed by atoms with Crippen molar-refractivity contribution in [3.8, 4) is 17.2 Å². The molecule has 0 heterocycles. The molecule has 2 aromatic rings. The van der Waals surface area contributed by atoms with Gasteiger partial charge in [0, 0.05) is 11.6 Å². The number of ether oxygens (including phenoxy) is 3. The summed E-state index contributed by atoms with van der Waals surface area (Å²) in [5.41, 5.74) is 4.76. The topological polar surface area (TPSA) is 115 Å². The minimum Gasteiger partial charge on any atom is -0.497 e. The van der Waals surface area contributed by atoms with Gasteiger partial charge in [-0.15, -0.1) is 0 Å². The average molecular weight is 373 g/mol. The molecule has 9 nitrogen and oxygen atoms in total. The number of hydrogen-bond acceptors (Lipinski definition) is 6. The highest BCUT2D eigenvalue weighted by Gasteiger charge is 2.17. The highest BCUT2D eigenvalue weighted by Crippen LogP contribution is 2.28. The van der Waals surface area contributed by atoms with Gasteiger partial charge in [0.05, 0.1) is 27.0 Å². The lowest BCUT2D eigenvalue weighted by Crippen LogP contribution is -2.46. The Morgan fingerprint density at radius 2 is 1.37 bits per heavy atom. The van der Waals surface area contributed by atoms with Crippen LogP contribution in [0.3, 0.4) is 0 Å². The Hall–Kier alpha value is -3.75. The van der Waals surface area contributed by atoms with Crippen molar-refractivity contribution in [3.63, 3.8) is 0 Å². The molecule has 0 aliphatic carbocycles. The highest BCUT2D eigenvalue weighted by molar-refractivity contribution is 6.39. The summed E-state index contributed by atoms with van der Waals surface area (Å²) in [6.45, 7) is 0. The summed E-state index contributed by atoms with van der Waals surface area (Å²) in [7, 11) is 4.41. The fourth-order valence-electron chi connectivity index (χ4n) is 2.07. The minimum absolute atomic E-state index is 0.278. The van der Waals surface area contributed by atoms with Gasteiger partial charge in [-0.05, 0) is 36.4 Å². The summed E-state index contributed by atoms with van der Waals surface area (Å²) in [5, 5.41) is 2.39. The van der Waals surface area contributed by atoms with Crippen LogP contribution in [-0.4, -0.2) is 39.1 Å². The third-order valence-electron chi connectivity index (χ3n) is 3.50. The molecule has 0 unspecified atom stereocenters. The van der Waals surface area contributed by atoms with Gasteiger partial charge in [0.2, 0.25) is 0 Å². The Kier molecular flexibility index (Phi) is 6.59. The van der Waals surface area contributed by atoms with Gasteiger partial charge in [0.1, 0.15) is 17.2 Å². The third kappa shape index (κ3) is 5.11. The number of hydrazine groups is 1. The van der Waals surface area contributed by atoms with Crippen LogP contribution >= 0.6 is 0 Å². The first kappa shape index (κ1) is 19.6. The summed E-state index contributed by atoms with van der Waals surface area (Å²) >= 11 is 0. The van der Waals surface area contributed by atoms with Gasteiger partial charge in [-0.3, -0.25) is 25.2 Å². The van der Waals surface area contributed by atoms with Gasteiger partial charge in [0.15, 0.2) is 0 Å². The van der Waals surface area contributed by atoms with Crippen molar-refractivity contribution in [1.82, 2.24) is 10.9 Å². The number of anilines is 1. The quantitative estimate of drug-likeness (QED) is 0.534. The Morgan fingerprint density at radius 3 is 1.96 bits per heavy atom. The van der Waals surface area contributed by atoms with Crippen molar-refractivity contribution in [2.24, 2.45) is 0 Å². The number of hydrogen-bond donors (Lipinski definition) is 3. The Bertz CT molecular complexity index is 835. The molecule has 0 aliphatic heterocycles. The first-order valence-electron chi connectivity index (χ1n) is 7.76. The van der Waals surface area contributed by atoms with Crippen LogP contribution in [0.25, 0.3) is 0 Å². The third-order valence-corrected chi connectivity index (χ3v) is 3.50. The average Bonchev–Trinajstić information content (AvgIpc) is 2.71. The number of rotatable bonds is 5. The SMILES string of the molecule is COc1ccc(C(=O)NNC(=O)C(=O)Nc2ccc(OC)cc2OC)cc1. The van der Waals surface area contributed by atoms with Gasteiger partial charge in [-0.25, -0.2) is 0 Å². The first-order valence-corrected chi connectivity index (χ1v) is 7.76. The summed E-state index contributed by atoms with van der Waals surface area (Å²) in [6.07, 6.45) is 0. The van der Waals surface area contributed by atoms with Crippen molar-refractivity contribution in [2.45, 2.75) is 0 Å². The maximum absolute atomic E-state index is 12.0. The molecule has 3 N–H and O–H groups in total. The smallest absolute Gasteiger partial charge is 0.328 e. The van der Waals surface area contributed by atoms with Crippen LogP contribution < -0.4 is 30.4 Å². The fourth-order valence-corrected chi connectivity index (χ4v) is 2.07. The molecule has 27 heavy (non-hydrogen) atoms. The number of carbonyl (C=O) groups excluding carboxylic acids is 3. The van der Waals surface area contributed by atoms with Gasteiger partial charge in [0.25, 0.3) is 5.91 Å². The van der Waals surface area contributed by atoms with Crippen molar-refractivity contribution >= 4 is 23.4 Å². The van der Waals surface area contributed by atoms with Crippen LogP contribution in [0.5, 0.6) is 17.2 Å². The number of nitrogens with one attached hydrogen (secondary N) is 3. The predicted octanol–water partition coefficient (Wildman–Crippen LogP) is 1.11. The first-order chi connectivity index (χ1) is 13.0. The van der Waals surface area contributed by atoms with Crippen molar-refractivity contribution in [3.05, 3.63) is 48.0 Å². The lowest BCUT2D eigenvalue weighted by molar-refractivity contribution is -0.136. The van der Waals surface area contributed by atoms with Crippen molar-refractivity contribution in [2.75, 3.05) is 26.6 Å². The van der Waals surface area contributed by atoms with Crippen molar-refractivity contribution < 1.29 is 28.6 Å². The van der Waals surface area contributed by atoms with E-state index in [4.69, 9.17) is 14.2 Å². The molecule has 0 fully saturated rings. The Labute approximate surface area is 155 Å². The molecule has 0 saturated carbocycles. The maximum atomic E-state index is 12.0. The molecule has 0 aliphatic rings. The van der Waals surface area contributed by atoms with Crippen LogP contribution in [0.1, 0.15) is 10.4 Å². The zero-order valence-electron chi connectivity index (χ0n) is 15.0.